The van der Waals surface area contributed by atoms with Crippen LogP contribution in [0.15, 0.2) is 24.3 Å². The van der Waals surface area contributed by atoms with Crippen molar-refractivity contribution >= 4 is 17.7 Å². The number of ketones is 1. The van der Waals surface area contributed by atoms with Crippen LogP contribution in [0.4, 0.5) is 0 Å². The van der Waals surface area contributed by atoms with E-state index >= 15 is 0 Å². The number of Topliss-reactive ketones (excluding diaryl/α,β-unsaturated/α-hetero) is 1. The Morgan fingerprint density at radius 2 is 1.64 bits per heavy atom. The van der Waals surface area contributed by atoms with Crippen molar-refractivity contribution in [3.05, 3.63) is 35.4 Å². The minimum atomic E-state index is -0.936. The molecule has 0 aliphatic rings. The predicted octanol–water partition coefficient (Wildman–Crippen LogP) is 2.67. The predicted molar refractivity (Wildman–Crippen MR) is 83.8 cm³/mol. The van der Waals surface area contributed by atoms with Gasteiger partial charge in [0, 0.05) is 31.0 Å². The van der Waals surface area contributed by atoms with Crippen molar-refractivity contribution in [1.82, 2.24) is 4.90 Å². The maximum absolute atomic E-state index is 12.2. The molecule has 5 nitrogen and oxygen atoms in total. The molecule has 0 radical (unpaired) electrons. The number of aliphatic carboxylic acids is 1. The maximum Gasteiger partial charge on any atom is 0.305 e. The highest BCUT2D eigenvalue weighted by molar-refractivity contribution is 5.98. The van der Waals surface area contributed by atoms with Crippen LogP contribution >= 0.6 is 0 Å². The first kappa shape index (κ1) is 17.9. The first-order chi connectivity index (χ1) is 10.3. The number of amides is 1. The Labute approximate surface area is 130 Å². The molecule has 0 fully saturated rings. The summed E-state index contributed by atoms with van der Waals surface area (Å²) in [5.41, 5.74) is 1.67. The summed E-state index contributed by atoms with van der Waals surface area (Å²) in [5.74, 6) is -1.19. The minimum Gasteiger partial charge on any atom is -0.481 e. The van der Waals surface area contributed by atoms with Crippen molar-refractivity contribution in [3.8, 4) is 0 Å². The molecule has 1 aromatic rings. The van der Waals surface area contributed by atoms with Crippen LogP contribution in [0.3, 0.4) is 0 Å². The lowest BCUT2D eigenvalue weighted by molar-refractivity contribution is -0.139. The topological polar surface area (TPSA) is 74.7 Å². The first-order valence-electron chi connectivity index (χ1n) is 7.42. The third-order valence-corrected chi connectivity index (χ3v) is 3.45. The summed E-state index contributed by atoms with van der Waals surface area (Å²) in [7, 11) is 0. The van der Waals surface area contributed by atoms with Gasteiger partial charge in [0.1, 0.15) is 0 Å². The average Bonchev–Trinajstić information content (AvgIpc) is 2.45. The van der Waals surface area contributed by atoms with Crippen LogP contribution < -0.4 is 0 Å². The third kappa shape index (κ3) is 5.68. The van der Waals surface area contributed by atoms with E-state index in [0.717, 1.165) is 5.56 Å². The Kier molecular flexibility index (Phi) is 6.76. The van der Waals surface area contributed by atoms with Gasteiger partial charge in [-0.15, -0.1) is 0 Å². The smallest absolute Gasteiger partial charge is 0.305 e. The Morgan fingerprint density at radius 3 is 2.14 bits per heavy atom. The lowest BCUT2D eigenvalue weighted by Gasteiger charge is -2.26. The van der Waals surface area contributed by atoms with Gasteiger partial charge in [-0.05, 0) is 20.8 Å². The highest BCUT2D eigenvalue weighted by Gasteiger charge is 2.19. The van der Waals surface area contributed by atoms with E-state index in [1.807, 2.05) is 32.9 Å². The Bertz CT molecular complexity index is 534. The van der Waals surface area contributed by atoms with Gasteiger partial charge in [-0.1, -0.05) is 29.8 Å². The fourth-order valence-electron chi connectivity index (χ4n) is 2.13. The number of carbonyl (C=O) groups is 3. The van der Waals surface area contributed by atoms with Crippen molar-refractivity contribution in [1.29, 1.82) is 0 Å². The van der Waals surface area contributed by atoms with Gasteiger partial charge < -0.3 is 10.0 Å². The summed E-state index contributed by atoms with van der Waals surface area (Å²) >= 11 is 0. The molecule has 0 aliphatic heterocycles. The van der Waals surface area contributed by atoms with E-state index in [1.54, 1.807) is 12.1 Å². The summed E-state index contributed by atoms with van der Waals surface area (Å²) in [6.45, 7) is 5.79. The average molecular weight is 305 g/mol. The van der Waals surface area contributed by atoms with Crippen molar-refractivity contribution in [2.45, 2.75) is 46.1 Å². The SMILES string of the molecule is Cc1ccc(C(=O)CCC(=O)N(CCC(=O)O)C(C)C)cc1. The third-order valence-electron chi connectivity index (χ3n) is 3.45. The molecular weight excluding hydrogens is 282 g/mol. The summed E-state index contributed by atoms with van der Waals surface area (Å²) in [6.07, 6.45) is 0.151. The number of aryl methyl sites for hydroxylation is 1. The standard InChI is InChI=1S/C17H23NO4/c1-12(2)18(11-10-17(21)22)16(20)9-8-15(19)14-6-4-13(3)5-7-14/h4-7,12H,8-11H2,1-3H3,(H,21,22). The van der Waals surface area contributed by atoms with Gasteiger partial charge in [0.05, 0.1) is 6.42 Å². The summed E-state index contributed by atoms with van der Waals surface area (Å²) in [5, 5.41) is 8.72. The van der Waals surface area contributed by atoms with Gasteiger partial charge in [0.15, 0.2) is 5.78 Å². The lowest BCUT2D eigenvalue weighted by atomic mass is 10.0. The summed E-state index contributed by atoms with van der Waals surface area (Å²) in [4.78, 5) is 36.4. The molecule has 120 valence electrons. The van der Waals surface area contributed by atoms with Crippen molar-refractivity contribution in [3.63, 3.8) is 0 Å². The molecule has 0 aliphatic carbocycles. The van der Waals surface area contributed by atoms with Gasteiger partial charge in [-0.25, -0.2) is 0 Å². The van der Waals surface area contributed by atoms with Crippen LogP contribution in [0.1, 0.15) is 49.0 Å². The molecule has 0 atom stereocenters. The summed E-state index contributed by atoms with van der Waals surface area (Å²) < 4.78 is 0. The number of carbonyl (C=O) groups excluding carboxylic acids is 2. The second-order valence-corrected chi connectivity index (χ2v) is 5.61. The number of benzene rings is 1. The molecule has 1 N–H and O–H groups in total. The number of nitrogens with zero attached hydrogens (tertiary/aromatic N) is 1. The number of carboxylic acids is 1. The quantitative estimate of drug-likeness (QED) is 0.749. The second-order valence-electron chi connectivity index (χ2n) is 5.61. The molecule has 0 unspecified atom stereocenters. The van der Waals surface area contributed by atoms with Crippen LogP contribution in [0.25, 0.3) is 0 Å². The zero-order valence-corrected chi connectivity index (χ0v) is 13.3. The second kappa shape index (κ2) is 8.32. The van der Waals surface area contributed by atoms with Crippen molar-refractivity contribution < 1.29 is 19.5 Å². The molecule has 1 amide bonds. The van der Waals surface area contributed by atoms with Gasteiger partial charge in [0.2, 0.25) is 5.91 Å². The molecular formula is C17H23NO4. The van der Waals surface area contributed by atoms with E-state index in [9.17, 15) is 14.4 Å². The number of rotatable bonds is 8. The van der Waals surface area contributed by atoms with Crippen molar-refractivity contribution in [2.75, 3.05) is 6.54 Å². The highest BCUT2D eigenvalue weighted by atomic mass is 16.4. The summed E-state index contributed by atoms with van der Waals surface area (Å²) in [6, 6.07) is 7.16. The minimum absolute atomic E-state index is 0.0738. The number of hydrogen-bond acceptors (Lipinski definition) is 3. The molecule has 0 spiro atoms. The Balaban J connectivity index is 2.56. The van der Waals surface area contributed by atoms with E-state index < -0.39 is 5.97 Å². The lowest BCUT2D eigenvalue weighted by Crippen LogP contribution is -2.38. The zero-order chi connectivity index (χ0) is 16.7. The Morgan fingerprint density at radius 1 is 1.05 bits per heavy atom. The van der Waals surface area contributed by atoms with Gasteiger partial charge >= 0.3 is 5.97 Å². The monoisotopic (exact) mass is 305 g/mol. The van der Waals surface area contributed by atoms with E-state index in [0.29, 0.717) is 5.56 Å². The highest BCUT2D eigenvalue weighted by Crippen LogP contribution is 2.10. The fourth-order valence-corrected chi connectivity index (χ4v) is 2.13. The van der Waals surface area contributed by atoms with E-state index in [1.165, 1.54) is 4.90 Å². The molecule has 1 rings (SSSR count). The van der Waals surface area contributed by atoms with E-state index in [4.69, 9.17) is 5.11 Å². The van der Waals surface area contributed by atoms with E-state index in [2.05, 4.69) is 0 Å². The number of carboxylic acid groups (broad SMARTS) is 1. The molecule has 0 aromatic heterocycles. The normalized spacial score (nSPS) is 10.5. The van der Waals surface area contributed by atoms with Gasteiger partial charge in [-0.2, -0.15) is 0 Å². The molecule has 0 bridgehead atoms. The van der Waals surface area contributed by atoms with Crippen LogP contribution in [0.2, 0.25) is 0 Å². The Hall–Kier alpha value is -2.17. The van der Waals surface area contributed by atoms with Crippen LogP contribution in [-0.4, -0.2) is 40.3 Å². The van der Waals surface area contributed by atoms with Crippen LogP contribution in [0.5, 0.6) is 0 Å². The van der Waals surface area contributed by atoms with Gasteiger partial charge in [0.25, 0.3) is 0 Å². The number of hydrogen-bond donors (Lipinski definition) is 1. The fraction of sp³-hybridized carbons (Fsp3) is 0.471. The maximum atomic E-state index is 12.2. The van der Waals surface area contributed by atoms with Crippen LogP contribution in [0, 0.1) is 6.92 Å². The molecule has 1 aromatic carbocycles. The van der Waals surface area contributed by atoms with Crippen molar-refractivity contribution in [2.24, 2.45) is 0 Å². The molecule has 22 heavy (non-hydrogen) atoms. The molecule has 5 heteroatoms. The molecule has 0 heterocycles. The zero-order valence-electron chi connectivity index (χ0n) is 13.3. The van der Waals surface area contributed by atoms with E-state index in [-0.39, 0.29) is 43.5 Å². The van der Waals surface area contributed by atoms with Crippen LogP contribution in [-0.2, 0) is 9.59 Å². The first-order valence-corrected chi connectivity index (χ1v) is 7.42. The molecule has 0 saturated heterocycles. The van der Waals surface area contributed by atoms with Gasteiger partial charge in [-0.3, -0.25) is 14.4 Å². The largest absolute Gasteiger partial charge is 0.481 e. The molecule has 0 saturated carbocycles.